The molecule has 2 amide bonds. The number of hydrogen-bond acceptors (Lipinski definition) is 4. The number of rotatable bonds is 5. The van der Waals surface area contributed by atoms with Crippen LogP contribution in [0.3, 0.4) is 0 Å². The molecule has 1 aliphatic heterocycles. The molecule has 6 nitrogen and oxygen atoms in total. The van der Waals surface area contributed by atoms with Crippen molar-refractivity contribution in [3.8, 4) is 11.5 Å². The van der Waals surface area contributed by atoms with Crippen LogP contribution in [0.2, 0.25) is 0 Å². The fraction of sp³-hybridized carbons (Fsp3) is 0.476. The molecular weight excluding hydrogens is 344 g/mol. The molecular formula is C21H28N2O4. The number of amides is 2. The normalized spacial score (nSPS) is 17.7. The molecule has 2 aromatic rings. The van der Waals surface area contributed by atoms with E-state index in [0.29, 0.717) is 0 Å². The largest absolute Gasteiger partial charge is 0.497 e. The summed E-state index contributed by atoms with van der Waals surface area (Å²) in [6, 6.07) is 7.55. The number of ether oxygens (including phenoxy) is 2. The van der Waals surface area contributed by atoms with Crippen molar-refractivity contribution in [3.05, 3.63) is 46.9 Å². The lowest BCUT2D eigenvalue weighted by Crippen LogP contribution is -2.40. The van der Waals surface area contributed by atoms with Crippen molar-refractivity contribution in [3.63, 3.8) is 0 Å². The topological polar surface area (TPSA) is 63.9 Å². The Labute approximate surface area is 160 Å². The lowest BCUT2D eigenvalue weighted by molar-refractivity contribution is 0.188. The van der Waals surface area contributed by atoms with Crippen LogP contribution < -0.4 is 14.8 Å². The van der Waals surface area contributed by atoms with E-state index in [4.69, 9.17) is 13.9 Å². The minimum atomic E-state index is -0.117. The van der Waals surface area contributed by atoms with Gasteiger partial charge in [0.1, 0.15) is 23.0 Å². The third-order valence-corrected chi connectivity index (χ3v) is 5.20. The first-order valence-corrected chi connectivity index (χ1v) is 9.30. The van der Waals surface area contributed by atoms with Crippen LogP contribution in [-0.2, 0) is 0 Å². The Morgan fingerprint density at radius 3 is 2.67 bits per heavy atom. The molecule has 1 aromatic heterocycles. The lowest BCUT2D eigenvalue weighted by Gasteiger charge is -2.28. The van der Waals surface area contributed by atoms with Gasteiger partial charge in [0, 0.05) is 23.7 Å². The maximum absolute atomic E-state index is 13.0. The second kappa shape index (κ2) is 7.94. The van der Waals surface area contributed by atoms with Gasteiger partial charge in [-0.2, -0.15) is 0 Å². The summed E-state index contributed by atoms with van der Waals surface area (Å²) in [5.41, 5.74) is 2.02. The van der Waals surface area contributed by atoms with Crippen molar-refractivity contribution in [1.82, 2.24) is 10.2 Å². The quantitative estimate of drug-likeness (QED) is 0.838. The molecule has 1 aliphatic rings. The zero-order valence-corrected chi connectivity index (χ0v) is 16.7. The van der Waals surface area contributed by atoms with Gasteiger partial charge < -0.3 is 24.1 Å². The third-order valence-electron chi connectivity index (χ3n) is 5.20. The molecule has 27 heavy (non-hydrogen) atoms. The summed E-state index contributed by atoms with van der Waals surface area (Å²) in [6.45, 7) is 6.54. The number of nitrogens with one attached hydrogen (secondary N) is 1. The van der Waals surface area contributed by atoms with E-state index < -0.39 is 0 Å². The van der Waals surface area contributed by atoms with E-state index in [1.54, 1.807) is 14.2 Å². The van der Waals surface area contributed by atoms with Crippen molar-refractivity contribution in [2.45, 2.75) is 45.7 Å². The SMILES string of the molecule is COc1ccc(C2CCCN2C(=O)NC(C)c2cc(C)oc2C)c(OC)c1. The van der Waals surface area contributed by atoms with E-state index in [-0.39, 0.29) is 18.1 Å². The van der Waals surface area contributed by atoms with E-state index >= 15 is 0 Å². The molecule has 0 spiro atoms. The lowest BCUT2D eigenvalue weighted by atomic mass is 10.0. The van der Waals surface area contributed by atoms with Gasteiger partial charge in [-0.25, -0.2) is 4.79 Å². The molecule has 2 heterocycles. The molecule has 2 atom stereocenters. The summed E-state index contributed by atoms with van der Waals surface area (Å²) in [4.78, 5) is 14.9. The van der Waals surface area contributed by atoms with Gasteiger partial charge in [-0.3, -0.25) is 0 Å². The van der Waals surface area contributed by atoms with E-state index in [2.05, 4.69) is 5.32 Å². The number of urea groups is 1. The van der Waals surface area contributed by atoms with Crippen LogP contribution in [0, 0.1) is 13.8 Å². The first kappa shape index (κ1) is 19.1. The van der Waals surface area contributed by atoms with Crippen LogP contribution in [0.25, 0.3) is 0 Å². The molecule has 1 fully saturated rings. The van der Waals surface area contributed by atoms with Crippen molar-refractivity contribution >= 4 is 6.03 Å². The van der Waals surface area contributed by atoms with Gasteiger partial charge in [0.2, 0.25) is 0 Å². The Morgan fingerprint density at radius 1 is 1.26 bits per heavy atom. The van der Waals surface area contributed by atoms with Crippen LogP contribution in [0.4, 0.5) is 4.79 Å². The van der Waals surface area contributed by atoms with Crippen LogP contribution in [0.1, 0.15) is 54.5 Å². The van der Waals surface area contributed by atoms with Gasteiger partial charge >= 0.3 is 6.03 Å². The molecule has 0 aliphatic carbocycles. The van der Waals surface area contributed by atoms with Crippen molar-refractivity contribution < 1.29 is 18.7 Å². The van der Waals surface area contributed by atoms with Crippen molar-refractivity contribution in [1.29, 1.82) is 0 Å². The summed E-state index contributed by atoms with van der Waals surface area (Å²) in [7, 11) is 3.27. The summed E-state index contributed by atoms with van der Waals surface area (Å²) in [6.07, 6.45) is 1.87. The van der Waals surface area contributed by atoms with Crippen LogP contribution in [-0.4, -0.2) is 31.7 Å². The predicted molar refractivity (Wildman–Crippen MR) is 103 cm³/mol. The molecule has 2 unspecified atom stereocenters. The number of carbonyl (C=O) groups excluding carboxylic acids is 1. The standard InChI is InChI=1S/C21H28N2O4/c1-13-11-18(15(3)27-13)14(2)22-21(24)23-10-6-7-19(23)17-9-8-16(25-4)12-20(17)26-5/h8-9,11-12,14,19H,6-7,10H2,1-5H3,(H,22,24). The first-order chi connectivity index (χ1) is 12.9. The van der Waals surface area contributed by atoms with Gasteiger partial charge in [-0.1, -0.05) is 0 Å². The Balaban J connectivity index is 1.78. The van der Waals surface area contributed by atoms with Gasteiger partial charge in [0.15, 0.2) is 0 Å². The predicted octanol–water partition coefficient (Wildman–Crippen LogP) is 4.52. The minimum absolute atomic E-state index is 0.00904. The minimum Gasteiger partial charge on any atom is -0.497 e. The third kappa shape index (κ3) is 3.89. The molecule has 146 valence electrons. The summed E-state index contributed by atoms with van der Waals surface area (Å²) in [5, 5.41) is 3.11. The average Bonchev–Trinajstić information content (AvgIpc) is 3.27. The number of benzene rings is 1. The van der Waals surface area contributed by atoms with Crippen LogP contribution in [0.5, 0.6) is 11.5 Å². The fourth-order valence-corrected chi connectivity index (χ4v) is 3.85. The number of nitrogens with zero attached hydrogens (tertiary/aromatic N) is 1. The molecule has 0 saturated carbocycles. The summed E-state index contributed by atoms with van der Waals surface area (Å²) < 4.78 is 16.4. The Hall–Kier alpha value is -2.63. The summed E-state index contributed by atoms with van der Waals surface area (Å²) in [5.74, 6) is 3.18. The summed E-state index contributed by atoms with van der Waals surface area (Å²) >= 11 is 0. The monoisotopic (exact) mass is 372 g/mol. The van der Waals surface area contributed by atoms with Crippen molar-refractivity contribution in [2.24, 2.45) is 0 Å². The molecule has 1 aromatic carbocycles. The number of furan rings is 1. The van der Waals surface area contributed by atoms with Gasteiger partial charge in [0.05, 0.1) is 26.3 Å². The van der Waals surface area contributed by atoms with Crippen LogP contribution >= 0.6 is 0 Å². The molecule has 3 rings (SSSR count). The highest BCUT2D eigenvalue weighted by molar-refractivity contribution is 5.76. The maximum atomic E-state index is 13.0. The van der Waals surface area contributed by atoms with E-state index in [1.165, 1.54) is 0 Å². The highest BCUT2D eigenvalue weighted by Crippen LogP contribution is 2.38. The zero-order valence-electron chi connectivity index (χ0n) is 16.7. The Bertz CT molecular complexity index is 815. The molecule has 1 saturated heterocycles. The van der Waals surface area contributed by atoms with Gasteiger partial charge in [0.25, 0.3) is 0 Å². The second-order valence-electron chi connectivity index (χ2n) is 7.00. The van der Waals surface area contributed by atoms with Crippen LogP contribution in [0.15, 0.2) is 28.7 Å². The van der Waals surface area contributed by atoms with E-state index in [1.807, 2.05) is 49.9 Å². The average molecular weight is 372 g/mol. The highest BCUT2D eigenvalue weighted by atomic mass is 16.5. The van der Waals surface area contributed by atoms with Gasteiger partial charge in [-0.15, -0.1) is 0 Å². The number of likely N-dealkylation sites (tertiary alicyclic amines) is 1. The zero-order chi connectivity index (χ0) is 19.6. The smallest absolute Gasteiger partial charge is 0.318 e. The van der Waals surface area contributed by atoms with Gasteiger partial charge in [-0.05, 0) is 51.8 Å². The second-order valence-corrected chi connectivity index (χ2v) is 7.00. The number of carbonyl (C=O) groups is 1. The fourth-order valence-electron chi connectivity index (χ4n) is 3.85. The number of aryl methyl sites for hydroxylation is 2. The van der Waals surface area contributed by atoms with E-state index in [0.717, 1.165) is 53.5 Å². The molecule has 0 bridgehead atoms. The number of methoxy groups -OCH3 is 2. The molecule has 0 radical (unpaired) electrons. The first-order valence-electron chi connectivity index (χ1n) is 9.30. The van der Waals surface area contributed by atoms with E-state index in [9.17, 15) is 4.79 Å². The molecule has 1 N–H and O–H groups in total. The highest BCUT2D eigenvalue weighted by Gasteiger charge is 2.33. The Morgan fingerprint density at radius 2 is 2.04 bits per heavy atom. The molecule has 6 heteroatoms. The number of hydrogen-bond donors (Lipinski definition) is 1. The maximum Gasteiger partial charge on any atom is 0.318 e. The Kier molecular flexibility index (Phi) is 5.63. The van der Waals surface area contributed by atoms with Crippen molar-refractivity contribution in [2.75, 3.05) is 20.8 Å².